The van der Waals surface area contributed by atoms with Gasteiger partial charge in [-0.05, 0) is 31.4 Å². The number of anilines is 1. The number of nitrogens with zero attached hydrogens (tertiary/aromatic N) is 4. The van der Waals surface area contributed by atoms with Crippen molar-refractivity contribution in [2.45, 2.75) is 25.8 Å². The molecular formula is C17H20ClN5O2. The molecule has 0 saturated carbocycles. The summed E-state index contributed by atoms with van der Waals surface area (Å²) in [5, 5.41) is 3.19. The van der Waals surface area contributed by atoms with Crippen LogP contribution >= 0.6 is 11.6 Å². The molecule has 1 aliphatic heterocycles. The largest absolute Gasteiger partial charge is 0.467 e. The van der Waals surface area contributed by atoms with Gasteiger partial charge >= 0.3 is 6.01 Å². The summed E-state index contributed by atoms with van der Waals surface area (Å²) < 4.78 is 5.17. The van der Waals surface area contributed by atoms with E-state index in [0.717, 1.165) is 25.9 Å². The molecule has 1 amide bonds. The molecule has 3 rings (SSSR count). The third kappa shape index (κ3) is 4.36. The monoisotopic (exact) mass is 361 g/mol. The standard InChI is InChI=1S/C17H20ClN5O2/c1-25-17-21-14(20-16(22-17)23-9-5-2-6-10-23)11-19-15(24)12-7-3-4-8-13(12)18/h3-4,7-8H,2,5-6,9-11H2,1H3,(H,19,24). The molecular weight excluding hydrogens is 342 g/mol. The molecule has 0 aliphatic carbocycles. The highest BCUT2D eigenvalue weighted by atomic mass is 35.5. The Hall–Kier alpha value is -2.41. The number of aromatic nitrogens is 3. The maximum Gasteiger partial charge on any atom is 0.321 e. The van der Waals surface area contributed by atoms with E-state index in [9.17, 15) is 4.79 Å². The molecule has 1 saturated heterocycles. The van der Waals surface area contributed by atoms with Gasteiger partial charge in [-0.2, -0.15) is 15.0 Å². The first kappa shape index (κ1) is 17.4. The molecule has 1 N–H and O–H groups in total. The van der Waals surface area contributed by atoms with E-state index >= 15 is 0 Å². The number of methoxy groups -OCH3 is 1. The number of hydrogen-bond donors (Lipinski definition) is 1. The van der Waals surface area contributed by atoms with Gasteiger partial charge in [0, 0.05) is 13.1 Å². The molecule has 0 unspecified atom stereocenters. The summed E-state index contributed by atoms with van der Waals surface area (Å²) in [4.78, 5) is 27.4. The normalized spacial score (nSPS) is 14.2. The maximum atomic E-state index is 12.3. The Bertz CT molecular complexity index is 750. The third-order valence-corrected chi connectivity index (χ3v) is 4.33. The van der Waals surface area contributed by atoms with Crippen molar-refractivity contribution >= 4 is 23.5 Å². The molecule has 0 spiro atoms. The number of piperidine rings is 1. The second-order valence-corrected chi connectivity index (χ2v) is 6.16. The topological polar surface area (TPSA) is 80.2 Å². The first-order valence-corrected chi connectivity index (χ1v) is 8.62. The average molecular weight is 362 g/mol. The molecule has 1 aromatic carbocycles. The fourth-order valence-electron chi connectivity index (χ4n) is 2.69. The summed E-state index contributed by atoms with van der Waals surface area (Å²) in [7, 11) is 1.52. The lowest BCUT2D eigenvalue weighted by atomic mass is 10.1. The zero-order valence-electron chi connectivity index (χ0n) is 14.0. The number of benzene rings is 1. The highest BCUT2D eigenvalue weighted by Crippen LogP contribution is 2.18. The zero-order chi connectivity index (χ0) is 17.6. The van der Waals surface area contributed by atoms with Crippen LogP contribution in [0.25, 0.3) is 0 Å². The van der Waals surface area contributed by atoms with E-state index in [2.05, 4.69) is 25.2 Å². The summed E-state index contributed by atoms with van der Waals surface area (Å²) >= 11 is 6.05. The van der Waals surface area contributed by atoms with Crippen LogP contribution in [0.3, 0.4) is 0 Å². The fourth-order valence-corrected chi connectivity index (χ4v) is 2.91. The predicted octanol–water partition coefficient (Wildman–Crippen LogP) is 2.45. The van der Waals surface area contributed by atoms with Crippen LogP contribution in [0.1, 0.15) is 35.4 Å². The van der Waals surface area contributed by atoms with Crippen LogP contribution in [-0.4, -0.2) is 41.1 Å². The van der Waals surface area contributed by atoms with Gasteiger partial charge in [-0.3, -0.25) is 4.79 Å². The van der Waals surface area contributed by atoms with Gasteiger partial charge in [0.05, 0.1) is 24.2 Å². The highest BCUT2D eigenvalue weighted by molar-refractivity contribution is 6.33. The molecule has 1 fully saturated rings. The van der Waals surface area contributed by atoms with Gasteiger partial charge in [0.25, 0.3) is 5.91 Å². The smallest absolute Gasteiger partial charge is 0.321 e. The Morgan fingerprint density at radius 3 is 2.68 bits per heavy atom. The maximum absolute atomic E-state index is 12.3. The van der Waals surface area contributed by atoms with Crippen molar-refractivity contribution in [3.8, 4) is 6.01 Å². The van der Waals surface area contributed by atoms with Crippen LogP contribution in [0.2, 0.25) is 5.02 Å². The lowest BCUT2D eigenvalue weighted by Gasteiger charge is -2.26. The molecule has 1 aliphatic rings. The second kappa shape index (κ2) is 8.11. The number of halogens is 1. The molecule has 2 aromatic rings. The van der Waals surface area contributed by atoms with Crippen molar-refractivity contribution in [1.29, 1.82) is 0 Å². The Balaban J connectivity index is 1.73. The molecule has 0 atom stereocenters. The summed E-state index contributed by atoms with van der Waals surface area (Å²) in [6, 6.07) is 7.14. The first-order valence-electron chi connectivity index (χ1n) is 8.24. The lowest BCUT2D eigenvalue weighted by molar-refractivity contribution is 0.0950. The van der Waals surface area contributed by atoms with E-state index in [1.807, 2.05) is 0 Å². The predicted molar refractivity (Wildman–Crippen MR) is 95.1 cm³/mol. The minimum absolute atomic E-state index is 0.170. The van der Waals surface area contributed by atoms with Crippen LogP contribution in [0.4, 0.5) is 5.95 Å². The Morgan fingerprint density at radius 1 is 1.20 bits per heavy atom. The number of nitrogens with one attached hydrogen (secondary N) is 1. The molecule has 1 aromatic heterocycles. The van der Waals surface area contributed by atoms with Crippen molar-refractivity contribution in [2.75, 3.05) is 25.1 Å². The van der Waals surface area contributed by atoms with Gasteiger partial charge in [0.1, 0.15) is 0 Å². The van der Waals surface area contributed by atoms with Crippen LogP contribution in [0.15, 0.2) is 24.3 Å². The second-order valence-electron chi connectivity index (χ2n) is 5.75. The number of amides is 1. The van der Waals surface area contributed by atoms with Crippen molar-refractivity contribution in [1.82, 2.24) is 20.3 Å². The van der Waals surface area contributed by atoms with Gasteiger partial charge in [-0.25, -0.2) is 0 Å². The Kier molecular flexibility index (Phi) is 5.65. The number of carbonyl (C=O) groups excluding carboxylic acids is 1. The molecule has 0 radical (unpaired) electrons. The van der Waals surface area contributed by atoms with E-state index in [0.29, 0.717) is 22.4 Å². The zero-order valence-corrected chi connectivity index (χ0v) is 14.8. The molecule has 8 heteroatoms. The first-order chi connectivity index (χ1) is 12.2. The summed E-state index contributed by atoms with van der Waals surface area (Å²) in [6.45, 7) is 2.00. The summed E-state index contributed by atoms with van der Waals surface area (Å²) in [5.74, 6) is 0.769. The van der Waals surface area contributed by atoms with Crippen molar-refractivity contribution in [2.24, 2.45) is 0 Å². The van der Waals surface area contributed by atoms with E-state index in [-0.39, 0.29) is 18.5 Å². The van der Waals surface area contributed by atoms with Crippen molar-refractivity contribution < 1.29 is 9.53 Å². The lowest BCUT2D eigenvalue weighted by Crippen LogP contribution is -2.32. The number of ether oxygens (including phenoxy) is 1. The van der Waals surface area contributed by atoms with Gasteiger partial charge < -0.3 is 15.0 Å². The van der Waals surface area contributed by atoms with Crippen molar-refractivity contribution in [3.63, 3.8) is 0 Å². The number of carbonyl (C=O) groups is 1. The van der Waals surface area contributed by atoms with Crippen LogP contribution in [0, 0.1) is 0 Å². The highest BCUT2D eigenvalue weighted by Gasteiger charge is 2.17. The molecule has 25 heavy (non-hydrogen) atoms. The quantitative estimate of drug-likeness (QED) is 0.881. The third-order valence-electron chi connectivity index (χ3n) is 4.00. The average Bonchev–Trinajstić information content (AvgIpc) is 2.67. The van der Waals surface area contributed by atoms with E-state index < -0.39 is 0 Å². The minimum atomic E-state index is -0.274. The van der Waals surface area contributed by atoms with Gasteiger partial charge in [0.2, 0.25) is 5.95 Å². The van der Waals surface area contributed by atoms with Gasteiger partial charge in [-0.1, -0.05) is 23.7 Å². The Labute approximate surface area is 151 Å². The van der Waals surface area contributed by atoms with E-state index in [1.165, 1.54) is 13.5 Å². The molecule has 132 valence electrons. The fraction of sp³-hybridized carbons (Fsp3) is 0.412. The number of rotatable bonds is 5. The van der Waals surface area contributed by atoms with Crippen LogP contribution in [-0.2, 0) is 6.54 Å². The van der Waals surface area contributed by atoms with Gasteiger partial charge in [-0.15, -0.1) is 0 Å². The summed E-state index contributed by atoms with van der Waals surface area (Å²) in [6.07, 6.45) is 3.46. The molecule has 7 nitrogen and oxygen atoms in total. The van der Waals surface area contributed by atoms with Crippen LogP contribution < -0.4 is 15.0 Å². The number of hydrogen-bond acceptors (Lipinski definition) is 6. The molecule has 0 bridgehead atoms. The minimum Gasteiger partial charge on any atom is -0.467 e. The SMILES string of the molecule is COc1nc(CNC(=O)c2ccccc2Cl)nc(N2CCCCC2)n1. The van der Waals surface area contributed by atoms with Crippen LogP contribution in [0.5, 0.6) is 6.01 Å². The Morgan fingerprint density at radius 2 is 1.96 bits per heavy atom. The van der Waals surface area contributed by atoms with E-state index in [1.54, 1.807) is 24.3 Å². The molecule has 2 heterocycles. The van der Waals surface area contributed by atoms with E-state index in [4.69, 9.17) is 16.3 Å². The van der Waals surface area contributed by atoms with Crippen molar-refractivity contribution in [3.05, 3.63) is 40.7 Å². The van der Waals surface area contributed by atoms with Gasteiger partial charge in [0.15, 0.2) is 5.82 Å². The summed E-state index contributed by atoms with van der Waals surface area (Å²) in [5.41, 5.74) is 0.418.